The number of rotatable bonds is 7. The van der Waals surface area contributed by atoms with Gasteiger partial charge in [-0.25, -0.2) is 4.79 Å². The molecular formula is C21H20I3NO10. The van der Waals surface area contributed by atoms with Gasteiger partial charge in [-0.15, -0.1) is 0 Å². The van der Waals surface area contributed by atoms with E-state index < -0.39 is 48.7 Å². The maximum atomic E-state index is 12.5. The number of esters is 1. The van der Waals surface area contributed by atoms with Gasteiger partial charge in [-0.1, -0.05) is 0 Å². The van der Waals surface area contributed by atoms with Crippen LogP contribution in [0.5, 0.6) is 17.2 Å². The second-order valence-electron chi connectivity index (χ2n) is 7.59. The van der Waals surface area contributed by atoms with Crippen LogP contribution in [0.3, 0.4) is 0 Å². The number of hydrogen-bond donors (Lipinski definition) is 6. The lowest BCUT2D eigenvalue weighted by Crippen LogP contribution is -2.61. The zero-order valence-corrected chi connectivity index (χ0v) is 24.0. The summed E-state index contributed by atoms with van der Waals surface area (Å²) in [7, 11) is 0. The van der Waals surface area contributed by atoms with Gasteiger partial charge < -0.3 is 45.5 Å². The van der Waals surface area contributed by atoms with Crippen LogP contribution in [0.15, 0.2) is 30.3 Å². The zero-order valence-electron chi connectivity index (χ0n) is 17.5. The monoisotopic (exact) mass is 827 g/mol. The lowest BCUT2D eigenvalue weighted by molar-refractivity contribution is -0.286. The van der Waals surface area contributed by atoms with Gasteiger partial charge in [0.25, 0.3) is 0 Å². The van der Waals surface area contributed by atoms with E-state index in [9.17, 15) is 30.0 Å². The molecule has 7 N–H and O–H groups in total. The van der Waals surface area contributed by atoms with Gasteiger partial charge in [-0.2, -0.15) is 0 Å². The summed E-state index contributed by atoms with van der Waals surface area (Å²) in [6.45, 7) is 0. The molecule has 11 nitrogen and oxygen atoms in total. The number of aliphatic carboxylic acids is 1. The number of carboxylic acids is 1. The molecule has 14 heteroatoms. The number of carboxylic acid groups (broad SMARTS) is 1. The van der Waals surface area contributed by atoms with Crippen molar-refractivity contribution < 1.29 is 49.3 Å². The van der Waals surface area contributed by atoms with Crippen molar-refractivity contribution in [1.29, 1.82) is 0 Å². The number of phenolic OH excluding ortho intramolecular Hbond substituents is 1. The van der Waals surface area contributed by atoms with Gasteiger partial charge >= 0.3 is 11.9 Å². The van der Waals surface area contributed by atoms with Crippen molar-refractivity contribution in [3.05, 3.63) is 46.6 Å². The van der Waals surface area contributed by atoms with Crippen LogP contribution >= 0.6 is 67.8 Å². The topological polar surface area (TPSA) is 189 Å². The number of halogens is 3. The summed E-state index contributed by atoms with van der Waals surface area (Å²) in [6, 6.07) is 7.19. The van der Waals surface area contributed by atoms with Crippen LogP contribution < -0.4 is 10.5 Å². The highest BCUT2D eigenvalue weighted by molar-refractivity contribution is 14.1. The normalized spacial score (nSPS) is 25.1. The van der Waals surface area contributed by atoms with Crippen LogP contribution in [0.1, 0.15) is 5.56 Å². The van der Waals surface area contributed by atoms with Crippen molar-refractivity contribution in [1.82, 2.24) is 0 Å². The lowest BCUT2D eigenvalue weighted by atomic mass is 9.99. The number of carbonyl (C=O) groups is 2. The van der Waals surface area contributed by atoms with E-state index in [-0.39, 0.29) is 12.2 Å². The molecule has 1 heterocycles. The largest absolute Gasteiger partial charge is 0.507 e. The molecule has 0 spiro atoms. The number of aliphatic hydroxyl groups excluding tert-OH is 3. The molecular weight excluding hydrogens is 807 g/mol. The summed E-state index contributed by atoms with van der Waals surface area (Å²) < 4.78 is 18.0. The molecule has 1 fully saturated rings. The number of aliphatic hydroxyl groups is 3. The van der Waals surface area contributed by atoms with E-state index in [4.69, 9.17) is 25.1 Å². The average molecular weight is 827 g/mol. The fraction of sp³-hybridized carbons (Fsp3) is 0.333. The molecule has 2 aromatic carbocycles. The number of nitrogens with two attached hydrogens (primary N) is 1. The number of hydrogen-bond acceptors (Lipinski definition) is 10. The van der Waals surface area contributed by atoms with E-state index in [1.165, 1.54) is 6.07 Å². The molecule has 1 aliphatic heterocycles. The molecule has 35 heavy (non-hydrogen) atoms. The molecule has 1 aliphatic rings. The highest BCUT2D eigenvalue weighted by Crippen LogP contribution is 2.35. The first-order valence-corrected chi connectivity index (χ1v) is 13.2. The third kappa shape index (κ3) is 6.84. The molecule has 0 aromatic heterocycles. The first-order chi connectivity index (χ1) is 16.4. The van der Waals surface area contributed by atoms with E-state index >= 15 is 0 Å². The fourth-order valence-corrected chi connectivity index (χ4v) is 5.79. The number of benzene rings is 2. The quantitative estimate of drug-likeness (QED) is 0.175. The number of phenols is 1. The SMILES string of the molecule is NC(Cc1cc(I)c(Oc2ccc(O)c(I)c2)c(I)c1)C(=O)OC1OC(C(=O)O)C(O)C(O)C1O. The van der Waals surface area contributed by atoms with Gasteiger partial charge in [0.15, 0.2) is 11.9 Å². The van der Waals surface area contributed by atoms with Gasteiger partial charge in [0.2, 0.25) is 6.29 Å². The maximum Gasteiger partial charge on any atom is 0.335 e. The predicted octanol–water partition coefficient (Wildman–Crippen LogP) is 1.30. The average Bonchev–Trinajstić information content (AvgIpc) is 2.78. The molecule has 190 valence electrons. The molecule has 0 aliphatic carbocycles. The zero-order chi connectivity index (χ0) is 26.0. The van der Waals surface area contributed by atoms with Crippen LogP contribution in [0.2, 0.25) is 0 Å². The van der Waals surface area contributed by atoms with Gasteiger partial charge in [-0.05, 0) is 110 Å². The second kappa shape index (κ2) is 12.0. The van der Waals surface area contributed by atoms with E-state index in [0.29, 0.717) is 20.6 Å². The molecule has 0 amide bonds. The summed E-state index contributed by atoms with van der Waals surface area (Å²) >= 11 is 6.15. The van der Waals surface area contributed by atoms with Gasteiger partial charge in [-0.3, -0.25) is 4.79 Å². The van der Waals surface area contributed by atoms with Gasteiger partial charge in [0.05, 0.1) is 10.7 Å². The smallest absolute Gasteiger partial charge is 0.335 e. The summed E-state index contributed by atoms with van der Waals surface area (Å²) in [5.74, 6) is -1.32. The second-order valence-corrected chi connectivity index (χ2v) is 11.1. The highest BCUT2D eigenvalue weighted by Gasteiger charge is 2.48. The summed E-state index contributed by atoms with van der Waals surface area (Å²) in [5, 5.41) is 48.4. The minimum atomic E-state index is -1.90. The lowest BCUT2D eigenvalue weighted by Gasteiger charge is -2.38. The summed E-state index contributed by atoms with van der Waals surface area (Å²) in [5.41, 5.74) is 6.64. The van der Waals surface area contributed by atoms with Crippen LogP contribution in [0, 0.1) is 10.7 Å². The predicted molar refractivity (Wildman–Crippen MR) is 145 cm³/mol. The van der Waals surface area contributed by atoms with E-state index in [0.717, 1.165) is 7.14 Å². The molecule has 2 aromatic rings. The molecule has 0 saturated carbocycles. The van der Waals surface area contributed by atoms with Crippen molar-refractivity contribution in [3.8, 4) is 17.2 Å². The van der Waals surface area contributed by atoms with Crippen molar-refractivity contribution in [2.75, 3.05) is 0 Å². The van der Waals surface area contributed by atoms with Gasteiger partial charge in [0.1, 0.15) is 35.9 Å². The third-order valence-electron chi connectivity index (χ3n) is 5.00. The Morgan fingerprint density at radius 2 is 1.63 bits per heavy atom. The fourth-order valence-electron chi connectivity index (χ4n) is 3.19. The van der Waals surface area contributed by atoms with Crippen LogP contribution in [-0.4, -0.2) is 74.2 Å². The van der Waals surface area contributed by atoms with Crippen molar-refractivity contribution in [2.24, 2.45) is 5.73 Å². The Labute approximate surface area is 240 Å². The molecule has 1 saturated heterocycles. The maximum absolute atomic E-state index is 12.5. The summed E-state index contributed by atoms with van der Waals surface area (Å²) in [6.07, 6.45) is -9.34. The highest BCUT2D eigenvalue weighted by atomic mass is 127. The first-order valence-electron chi connectivity index (χ1n) is 9.92. The minimum Gasteiger partial charge on any atom is -0.507 e. The molecule has 0 radical (unpaired) electrons. The van der Waals surface area contributed by atoms with Crippen molar-refractivity contribution >= 4 is 79.7 Å². The molecule has 3 rings (SSSR count). The minimum absolute atomic E-state index is 0.0403. The molecule has 6 atom stereocenters. The third-order valence-corrected chi connectivity index (χ3v) is 7.47. The van der Waals surface area contributed by atoms with Crippen molar-refractivity contribution in [3.63, 3.8) is 0 Å². The summed E-state index contributed by atoms with van der Waals surface area (Å²) in [4.78, 5) is 23.7. The Kier molecular flexibility index (Phi) is 9.79. The number of carbonyl (C=O) groups excluding carboxylic acids is 1. The van der Waals surface area contributed by atoms with Crippen LogP contribution in [-0.2, 0) is 25.5 Å². The Morgan fingerprint density at radius 3 is 2.20 bits per heavy atom. The van der Waals surface area contributed by atoms with Crippen LogP contribution in [0.4, 0.5) is 0 Å². The molecule has 6 unspecified atom stereocenters. The Bertz CT molecular complexity index is 1090. The van der Waals surface area contributed by atoms with Gasteiger partial charge in [0, 0.05) is 0 Å². The van der Waals surface area contributed by atoms with E-state index in [1.54, 1.807) is 24.3 Å². The van der Waals surface area contributed by atoms with Crippen LogP contribution in [0.25, 0.3) is 0 Å². The molecule has 0 bridgehead atoms. The standard InChI is InChI=1S/C21H20I3NO10/c22-9-6-8(1-2-13(9)26)33-17-10(23)3-7(4-11(17)24)5-12(25)20(32)35-21-16(29)14(27)15(28)18(34-21)19(30)31/h1-4,6,12,14-16,18,21,26-29H,5,25H2,(H,30,31). The van der Waals surface area contributed by atoms with E-state index in [1.807, 2.05) is 22.6 Å². The number of ether oxygens (including phenoxy) is 3. The van der Waals surface area contributed by atoms with E-state index in [2.05, 4.69) is 45.2 Å². The Morgan fingerprint density at radius 1 is 1.00 bits per heavy atom. The first kappa shape index (κ1) is 28.5. The Balaban J connectivity index is 1.68. The number of aromatic hydroxyl groups is 1. The van der Waals surface area contributed by atoms with Crippen molar-refractivity contribution in [2.45, 2.75) is 43.2 Å². The Hall–Kier alpha value is -1.03.